The average Bonchev–Trinajstić information content (AvgIpc) is 2.30. The summed E-state index contributed by atoms with van der Waals surface area (Å²) in [7, 11) is 0. The normalized spacial score (nSPS) is 10.0. The zero-order valence-corrected chi connectivity index (χ0v) is 8.24. The first kappa shape index (κ1) is 10.2. The highest BCUT2D eigenvalue weighted by Gasteiger charge is 2.06. The number of carboxylic acid groups (broad SMARTS) is 1. The highest BCUT2D eigenvalue weighted by atomic mass is 16.4. The van der Waals surface area contributed by atoms with Crippen molar-refractivity contribution in [2.24, 2.45) is 0 Å². The number of carbonyl (C=O) groups is 1. The van der Waals surface area contributed by atoms with Crippen molar-refractivity contribution in [3.8, 4) is 11.4 Å². The van der Waals surface area contributed by atoms with Gasteiger partial charge in [0.15, 0.2) is 5.82 Å². The molecular weight excluding hydrogens is 208 g/mol. The minimum atomic E-state index is -1.00. The Balaban J connectivity index is 2.23. The van der Waals surface area contributed by atoms with Crippen LogP contribution >= 0.6 is 0 Å². The van der Waals surface area contributed by atoms with Crippen molar-refractivity contribution < 1.29 is 9.90 Å². The maximum absolute atomic E-state index is 10.4. The molecule has 0 unspecified atom stereocenters. The molecular formula is C10H8N4O2. The van der Waals surface area contributed by atoms with Gasteiger partial charge in [-0.15, -0.1) is 20.4 Å². The van der Waals surface area contributed by atoms with Crippen molar-refractivity contribution in [2.45, 2.75) is 6.42 Å². The molecule has 0 bridgehead atoms. The summed E-state index contributed by atoms with van der Waals surface area (Å²) in [5.41, 5.74) is 0.796. The zero-order valence-electron chi connectivity index (χ0n) is 8.24. The average molecular weight is 216 g/mol. The van der Waals surface area contributed by atoms with Crippen LogP contribution in [0, 0.1) is 0 Å². The second-order valence-electron chi connectivity index (χ2n) is 3.08. The van der Waals surface area contributed by atoms with E-state index in [1.807, 2.05) is 30.3 Å². The van der Waals surface area contributed by atoms with E-state index in [1.54, 1.807) is 0 Å². The van der Waals surface area contributed by atoms with Gasteiger partial charge in [0.05, 0.1) is 0 Å². The Labute approximate surface area is 91.0 Å². The topological polar surface area (TPSA) is 88.9 Å². The van der Waals surface area contributed by atoms with Gasteiger partial charge in [-0.3, -0.25) is 4.79 Å². The Morgan fingerprint density at radius 2 is 1.69 bits per heavy atom. The van der Waals surface area contributed by atoms with Gasteiger partial charge in [-0.2, -0.15) is 0 Å². The SMILES string of the molecule is O=C(O)Cc1nnc(-c2ccccc2)nn1. The van der Waals surface area contributed by atoms with Crippen molar-refractivity contribution in [3.05, 3.63) is 36.2 Å². The molecule has 0 spiro atoms. The highest BCUT2D eigenvalue weighted by Crippen LogP contribution is 2.10. The fourth-order valence-corrected chi connectivity index (χ4v) is 1.16. The molecule has 1 aromatic carbocycles. The monoisotopic (exact) mass is 216 g/mol. The van der Waals surface area contributed by atoms with Gasteiger partial charge in [-0.1, -0.05) is 30.3 Å². The van der Waals surface area contributed by atoms with E-state index in [9.17, 15) is 4.79 Å². The lowest BCUT2D eigenvalue weighted by Crippen LogP contribution is -2.08. The molecule has 6 heteroatoms. The summed E-state index contributed by atoms with van der Waals surface area (Å²) in [4.78, 5) is 10.4. The van der Waals surface area contributed by atoms with Crippen LogP contribution in [-0.2, 0) is 11.2 Å². The standard InChI is InChI=1S/C10H8N4O2/c15-9(16)6-8-11-13-10(14-12-8)7-4-2-1-3-5-7/h1-5H,6H2,(H,15,16). The second-order valence-corrected chi connectivity index (χ2v) is 3.08. The molecule has 0 atom stereocenters. The van der Waals surface area contributed by atoms with Gasteiger partial charge in [0.1, 0.15) is 6.42 Å². The Kier molecular flexibility index (Phi) is 2.81. The van der Waals surface area contributed by atoms with E-state index in [0.29, 0.717) is 5.82 Å². The molecule has 0 radical (unpaired) electrons. The first-order valence-corrected chi connectivity index (χ1v) is 4.59. The zero-order chi connectivity index (χ0) is 11.4. The predicted octanol–water partition coefficient (Wildman–Crippen LogP) is 0.561. The van der Waals surface area contributed by atoms with Crippen molar-refractivity contribution in [1.82, 2.24) is 20.4 Å². The molecule has 2 aromatic rings. The Bertz CT molecular complexity index is 484. The molecule has 1 N–H and O–H groups in total. The molecule has 0 amide bonds. The van der Waals surface area contributed by atoms with Crippen molar-refractivity contribution >= 4 is 5.97 Å². The summed E-state index contributed by atoms with van der Waals surface area (Å²) in [5.74, 6) is -0.516. The maximum atomic E-state index is 10.4. The number of benzene rings is 1. The van der Waals surface area contributed by atoms with E-state index < -0.39 is 5.97 Å². The lowest BCUT2D eigenvalue weighted by molar-refractivity contribution is -0.136. The van der Waals surface area contributed by atoms with E-state index in [2.05, 4.69) is 20.4 Å². The molecule has 0 saturated carbocycles. The fraction of sp³-hybridized carbons (Fsp3) is 0.100. The van der Waals surface area contributed by atoms with E-state index in [1.165, 1.54) is 0 Å². The van der Waals surface area contributed by atoms with Crippen molar-refractivity contribution in [1.29, 1.82) is 0 Å². The van der Waals surface area contributed by atoms with Gasteiger partial charge < -0.3 is 5.11 Å². The van der Waals surface area contributed by atoms with Crippen LogP contribution in [0.5, 0.6) is 0 Å². The lowest BCUT2D eigenvalue weighted by Gasteiger charge is -1.97. The van der Waals surface area contributed by atoms with Crippen LogP contribution in [-0.4, -0.2) is 31.5 Å². The summed E-state index contributed by atoms with van der Waals surface area (Å²) in [6.07, 6.45) is -0.269. The van der Waals surface area contributed by atoms with E-state index in [0.717, 1.165) is 5.56 Å². The summed E-state index contributed by atoms with van der Waals surface area (Å²) < 4.78 is 0. The second kappa shape index (κ2) is 4.43. The van der Waals surface area contributed by atoms with Crippen molar-refractivity contribution in [3.63, 3.8) is 0 Å². The first-order chi connectivity index (χ1) is 7.75. The fourth-order valence-electron chi connectivity index (χ4n) is 1.16. The maximum Gasteiger partial charge on any atom is 0.311 e. The van der Waals surface area contributed by atoms with Gasteiger partial charge in [-0.05, 0) is 0 Å². The molecule has 0 aliphatic rings. The third kappa shape index (κ3) is 2.35. The van der Waals surface area contributed by atoms with Gasteiger partial charge >= 0.3 is 5.97 Å². The quantitative estimate of drug-likeness (QED) is 0.806. The van der Waals surface area contributed by atoms with Crippen LogP contribution in [0.3, 0.4) is 0 Å². The van der Waals surface area contributed by atoms with Crippen LogP contribution in [0.4, 0.5) is 0 Å². The molecule has 1 aromatic heterocycles. The summed E-state index contributed by atoms with van der Waals surface area (Å²) in [6.45, 7) is 0. The molecule has 16 heavy (non-hydrogen) atoms. The van der Waals surface area contributed by atoms with Crippen LogP contribution in [0.25, 0.3) is 11.4 Å². The molecule has 0 fully saturated rings. The number of carboxylic acids is 1. The number of aromatic nitrogens is 4. The summed E-state index contributed by atoms with van der Waals surface area (Å²) in [6, 6.07) is 9.24. The number of hydrogen-bond acceptors (Lipinski definition) is 5. The minimum absolute atomic E-state index is 0.104. The van der Waals surface area contributed by atoms with Crippen LogP contribution in [0.1, 0.15) is 5.82 Å². The van der Waals surface area contributed by atoms with E-state index >= 15 is 0 Å². The molecule has 0 saturated heterocycles. The molecule has 2 rings (SSSR count). The third-order valence-corrected chi connectivity index (χ3v) is 1.86. The largest absolute Gasteiger partial charge is 0.481 e. The Morgan fingerprint density at radius 1 is 1.06 bits per heavy atom. The van der Waals surface area contributed by atoms with E-state index in [4.69, 9.17) is 5.11 Å². The highest BCUT2D eigenvalue weighted by molar-refractivity contribution is 5.68. The molecule has 0 aliphatic heterocycles. The van der Waals surface area contributed by atoms with Crippen LogP contribution in [0.2, 0.25) is 0 Å². The lowest BCUT2D eigenvalue weighted by atomic mass is 10.2. The Hall–Kier alpha value is -2.37. The van der Waals surface area contributed by atoms with Gasteiger partial charge in [0.25, 0.3) is 0 Å². The summed E-state index contributed by atoms with van der Waals surface area (Å²) in [5, 5.41) is 23.5. The molecule has 6 nitrogen and oxygen atoms in total. The predicted molar refractivity (Wildman–Crippen MR) is 54.4 cm³/mol. The minimum Gasteiger partial charge on any atom is -0.481 e. The third-order valence-electron chi connectivity index (χ3n) is 1.86. The van der Waals surface area contributed by atoms with Gasteiger partial charge in [0, 0.05) is 5.56 Å². The van der Waals surface area contributed by atoms with Crippen molar-refractivity contribution in [2.75, 3.05) is 0 Å². The number of nitrogens with zero attached hydrogens (tertiary/aromatic N) is 4. The Morgan fingerprint density at radius 3 is 2.25 bits per heavy atom. The van der Waals surface area contributed by atoms with Crippen LogP contribution in [0.15, 0.2) is 30.3 Å². The number of rotatable bonds is 3. The van der Waals surface area contributed by atoms with E-state index in [-0.39, 0.29) is 12.2 Å². The number of aliphatic carboxylic acids is 1. The molecule has 80 valence electrons. The van der Waals surface area contributed by atoms with Gasteiger partial charge in [-0.25, -0.2) is 0 Å². The molecule has 0 aliphatic carbocycles. The van der Waals surface area contributed by atoms with Gasteiger partial charge in [0.2, 0.25) is 5.82 Å². The first-order valence-electron chi connectivity index (χ1n) is 4.59. The molecule has 1 heterocycles. The number of hydrogen-bond donors (Lipinski definition) is 1. The smallest absolute Gasteiger partial charge is 0.311 e. The van der Waals surface area contributed by atoms with Crippen LogP contribution < -0.4 is 0 Å². The summed E-state index contributed by atoms with van der Waals surface area (Å²) >= 11 is 0.